The van der Waals surface area contributed by atoms with Gasteiger partial charge in [0.25, 0.3) is 0 Å². The first-order valence-corrected chi connectivity index (χ1v) is 6.94. The highest BCUT2D eigenvalue weighted by Crippen LogP contribution is 2.39. The van der Waals surface area contributed by atoms with Crippen molar-refractivity contribution in [2.24, 2.45) is 5.92 Å². The molecule has 0 radical (unpaired) electrons. The van der Waals surface area contributed by atoms with Gasteiger partial charge in [-0.25, -0.2) is 0 Å². The molecule has 0 saturated heterocycles. The van der Waals surface area contributed by atoms with Gasteiger partial charge in [0.2, 0.25) is 5.91 Å². The van der Waals surface area contributed by atoms with Gasteiger partial charge in [0.15, 0.2) is 0 Å². The van der Waals surface area contributed by atoms with Crippen molar-refractivity contribution in [2.45, 2.75) is 38.6 Å². The van der Waals surface area contributed by atoms with E-state index in [2.05, 4.69) is 35.8 Å². The molecular weight excluding hydrogens is 224 g/mol. The number of anilines is 1. The number of rotatable bonds is 4. The molecule has 2 aliphatic rings. The Morgan fingerprint density at radius 1 is 1.44 bits per heavy atom. The van der Waals surface area contributed by atoms with Crippen LogP contribution < -0.4 is 10.6 Å². The maximum Gasteiger partial charge on any atom is 0.228 e. The molecule has 1 unspecified atom stereocenters. The Balaban J connectivity index is 1.86. The Labute approximate surface area is 108 Å². The second kappa shape index (κ2) is 4.73. The fourth-order valence-corrected chi connectivity index (χ4v) is 2.99. The summed E-state index contributed by atoms with van der Waals surface area (Å²) in [6.07, 6.45) is 4.54. The first-order chi connectivity index (χ1) is 8.78. The van der Waals surface area contributed by atoms with Gasteiger partial charge < -0.3 is 10.6 Å². The molecule has 3 nitrogen and oxygen atoms in total. The summed E-state index contributed by atoms with van der Waals surface area (Å²) in [6, 6.07) is 6.89. The maximum atomic E-state index is 11.4. The SMILES string of the molecule is CCNC(c1ccc2c(c1)CC(=O)N2)C1CCC1. The minimum absolute atomic E-state index is 0.116. The summed E-state index contributed by atoms with van der Waals surface area (Å²) in [5, 5.41) is 6.49. The molecule has 1 saturated carbocycles. The summed E-state index contributed by atoms with van der Waals surface area (Å²) in [5.41, 5.74) is 3.49. The molecule has 1 aliphatic carbocycles. The summed E-state index contributed by atoms with van der Waals surface area (Å²) in [5.74, 6) is 0.888. The Hall–Kier alpha value is -1.35. The van der Waals surface area contributed by atoms with Crippen molar-refractivity contribution < 1.29 is 4.79 Å². The molecule has 18 heavy (non-hydrogen) atoms. The molecule has 3 rings (SSSR count). The zero-order chi connectivity index (χ0) is 12.5. The third-order valence-corrected chi connectivity index (χ3v) is 4.16. The maximum absolute atomic E-state index is 11.4. The molecule has 1 aromatic rings. The number of nitrogens with one attached hydrogen (secondary N) is 2. The van der Waals surface area contributed by atoms with Crippen LogP contribution >= 0.6 is 0 Å². The smallest absolute Gasteiger partial charge is 0.228 e. The van der Waals surface area contributed by atoms with Crippen LogP contribution in [0.15, 0.2) is 18.2 Å². The monoisotopic (exact) mass is 244 g/mol. The molecule has 96 valence electrons. The minimum atomic E-state index is 0.116. The van der Waals surface area contributed by atoms with E-state index in [1.807, 2.05) is 0 Å². The lowest BCUT2D eigenvalue weighted by molar-refractivity contribution is -0.115. The number of benzene rings is 1. The van der Waals surface area contributed by atoms with Gasteiger partial charge in [0.1, 0.15) is 0 Å². The van der Waals surface area contributed by atoms with E-state index < -0.39 is 0 Å². The fourth-order valence-electron chi connectivity index (χ4n) is 2.99. The summed E-state index contributed by atoms with van der Waals surface area (Å²) in [4.78, 5) is 11.4. The first kappa shape index (κ1) is 11.7. The molecule has 0 spiro atoms. The normalized spacial score (nSPS) is 20.2. The van der Waals surface area contributed by atoms with Gasteiger partial charge in [-0.3, -0.25) is 4.79 Å². The van der Waals surface area contributed by atoms with E-state index >= 15 is 0 Å². The van der Waals surface area contributed by atoms with Crippen molar-refractivity contribution in [1.29, 1.82) is 0 Å². The minimum Gasteiger partial charge on any atom is -0.326 e. The lowest BCUT2D eigenvalue weighted by Crippen LogP contribution is -2.32. The lowest BCUT2D eigenvalue weighted by Gasteiger charge is -2.34. The second-order valence-corrected chi connectivity index (χ2v) is 5.37. The molecule has 1 amide bonds. The number of hydrogen-bond acceptors (Lipinski definition) is 2. The quantitative estimate of drug-likeness (QED) is 0.855. The van der Waals surface area contributed by atoms with Crippen LogP contribution in [0.1, 0.15) is 43.4 Å². The van der Waals surface area contributed by atoms with Gasteiger partial charge in [-0.2, -0.15) is 0 Å². The second-order valence-electron chi connectivity index (χ2n) is 5.37. The standard InChI is InChI=1S/C15H20N2O/c1-2-16-15(10-4-3-5-10)11-6-7-13-12(8-11)9-14(18)17-13/h6-8,10,15-16H,2-5,9H2,1H3,(H,17,18). The number of hydrogen-bond donors (Lipinski definition) is 2. The van der Waals surface area contributed by atoms with E-state index in [9.17, 15) is 4.79 Å². The molecule has 0 aromatic heterocycles. The van der Waals surface area contributed by atoms with Gasteiger partial charge in [-0.15, -0.1) is 0 Å². The van der Waals surface area contributed by atoms with Crippen LogP contribution in [0, 0.1) is 5.92 Å². The third-order valence-electron chi connectivity index (χ3n) is 4.16. The van der Waals surface area contributed by atoms with Crippen molar-refractivity contribution >= 4 is 11.6 Å². The van der Waals surface area contributed by atoms with E-state index in [4.69, 9.17) is 0 Å². The number of carbonyl (C=O) groups excluding carboxylic acids is 1. The molecule has 1 atom stereocenters. The zero-order valence-corrected chi connectivity index (χ0v) is 10.8. The molecule has 3 heteroatoms. The molecule has 1 aliphatic heterocycles. The molecule has 0 bridgehead atoms. The van der Waals surface area contributed by atoms with Crippen molar-refractivity contribution in [3.05, 3.63) is 29.3 Å². The third kappa shape index (κ3) is 2.03. The number of amides is 1. The van der Waals surface area contributed by atoms with Crippen LogP contribution in [0.25, 0.3) is 0 Å². The van der Waals surface area contributed by atoms with E-state index in [1.54, 1.807) is 0 Å². The van der Waals surface area contributed by atoms with Crippen LogP contribution in [-0.2, 0) is 11.2 Å². The van der Waals surface area contributed by atoms with Gasteiger partial charge in [0.05, 0.1) is 6.42 Å². The highest BCUT2D eigenvalue weighted by molar-refractivity contribution is 5.99. The van der Waals surface area contributed by atoms with E-state index in [0.717, 1.165) is 23.7 Å². The van der Waals surface area contributed by atoms with Gasteiger partial charge >= 0.3 is 0 Å². The van der Waals surface area contributed by atoms with E-state index in [-0.39, 0.29) is 5.91 Å². The molecular formula is C15H20N2O. The van der Waals surface area contributed by atoms with Crippen molar-refractivity contribution in [2.75, 3.05) is 11.9 Å². The molecule has 2 N–H and O–H groups in total. The zero-order valence-electron chi connectivity index (χ0n) is 10.8. The summed E-state index contributed by atoms with van der Waals surface area (Å²) >= 11 is 0. The topological polar surface area (TPSA) is 41.1 Å². The number of carbonyl (C=O) groups is 1. The van der Waals surface area contributed by atoms with Crippen molar-refractivity contribution in [3.8, 4) is 0 Å². The Morgan fingerprint density at radius 3 is 2.94 bits per heavy atom. The molecule has 1 aromatic carbocycles. The Morgan fingerprint density at radius 2 is 2.28 bits per heavy atom. The molecule has 1 heterocycles. The number of fused-ring (bicyclic) bond motifs is 1. The van der Waals surface area contributed by atoms with Crippen LogP contribution in [0.3, 0.4) is 0 Å². The average Bonchev–Trinajstić information content (AvgIpc) is 2.65. The predicted molar refractivity (Wildman–Crippen MR) is 72.5 cm³/mol. The highest BCUT2D eigenvalue weighted by atomic mass is 16.1. The lowest BCUT2D eigenvalue weighted by atomic mass is 9.77. The van der Waals surface area contributed by atoms with Crippen LogP contribution in [0.4, 0.5) is 5.69 Å². The van der Waals surface area contributed by atoms with Gasteiger partial charge in [-0.1, -0.05) is 25.5 Å². The molecule has 1 fully saturated rings. The van der Waals surface area contributed by atoms with E-state index in [1.165, 1.54) is 24.8 Å². The summed E-state index contributed by atoms with van der Waals surface area (Å²) in [7, 11) is 0. The summed E-state index contributed by atoms with van der Waals surface area (Å²) < 4.78 is 0. The van der Waals surface area contributed by atoms with Crippen LogP contribution in [-0.4, -0.2) is 12.5 Å². The van der Waals surface area contributed by atoms with Crippen molar-refractivity contribution in [3.63, 3.8) is 0 Å². The predicted octanol–water partition coefficient (Wildman–Crippen LogP) is 2.63. The Bertz CT molecular complexity index is 466. The van der Waals surface area contributed by atoms with Crippen LogP contribution in [0.5, 0.6) is 0 Å². The summed E-state index contributed by atoms with van der Waals surface area (Å²) in [6.45, 7) is 3.15. The van der Waals surface area contributed by atoms with Crippen molar-refractivity contribution in [1.82, 2.24) is 5.32 Å². The fraction of sp³-hybridized carbons (Fsp3) is 0.533. The Kier molecular flexibility index (Phi) is 3.08. The van der Waals surface area contributed by atoms with Crippen LogP contribution in [0.2, 0.25) is 0 Å². The largest absolute Gasteiger partial charge is 0.326 e. The average molecular weight is 244 g/mol. The first-order valence-electron chi connectivity index (χ1n) is 6.94. The van der Waals surface area contributed by atoms with Gasteiger partial charge in [0, 0.05) is 11.7 Å². The van der Waals surface area contributed by atoms with Gasteiger partial charge in [-0.05, 0) is 42.5 Å². The highest BCUT2D eigenvalue weighted by Gasteiger charge is 2.29. The van der Waals surface area contributed by atoms with E-state index in [0.29, 0.717) is 12.5 Å².